The van der Waals surface area contributed by atoms with Crippen molar-refractivity contribution in [2.75, 3.05) is 13.7 Å². The van der Waals surface area contributed by atoms with Crippen molar-refractivity contribution >= 4 is 11.6 Å². The fraction of sp³-hybridized carbons (Fsp3) is 0.480. The molecule has 1 unspecified atom stereocenters. The van der Waals surface area contributed by atoms with Crippen LogP contribution in [0.15, 0.2) is 40.2 Å². The van der Waals surface area contributed by atoms with Gasteiger partial charge in [0.2, 0.25) is 5.91 Å². The van der Waals surface area contributed by atoms with E-state index in [0.29, 0.717) is 12.5 Å². The van der Waals surface area contributed by atoms with Crippen LogP contribution in [0.3, 0.4) is 0 Å². The number of rotatable bonds is 5. The molecule has 2 aromatic rings. The summed E-state index contributed by atoms with van der Waals surface area (Å²) < 4.78 is 7.14. The maximum absolute atomic E-state index is 12.6. The van der Waals surface area contributed by atoms with Gasteiger partial charge < -0.3 is 14.6 Å². The van der Waals surface area contributed by atoms with Gasteiger partial charge in [-0.1, -0.05) is 19.3 Å². The number of aromatic nitrogens is 1. The molecule has 4 rings (SSSR count). The van der Waals surface area contributed by atoms with Crippen LogP contribution in [0.4, 0.5) is 0 Å². The van der Waals surface area contributed by atoms with Crippen molar-refractivity contribution in [3.8, 4) is 16.9 Å². The molecule has 1 N–H and O–H groups in total. The van der Waals surface area contributed by atoms with E-state index in [1.54, 1.807) is 24.8 Å². The third-order valence-electron chi connectivity index (χ3n) is 6.45. The molecule has 31 heavy (non-hydrogen) atoms. The summed E-state index contributed by atoms with van der Waals surface area (Å²) in [4.78, 5) is 30.3. The van der Waals surface area contributed by atoms with E-state index in [-0.39, 0.29) is 23.9 Å². The van der Waals surface area contributed by atoms with Gasteiger partial charge >= 0.3 is 0 Å². The Morgan fingerprint density at radius 3 is 2.65 bits per heavy atom. The highest BCUT2D eigenvalue weighted by Crippen LogP contribution is 2.41. The van der Waals surface area contributed by atoms with Crippen LogP contribution in [0.2, 0.25) is 0 Å². The van der Waals surface area contributed by atoms with Crippen LogP contribution in [0.5, 0.6) is 5.75 Å². The third kappa shape index (κ3) is 4.29. The number of carbonyl (C=O) groups excluding carboxylic acids is 1. The van der Waals surface area contributed by atoms with Crippen LogP contribution < -0.4 is 15.6 Å². The second-order valence-electron chi connectivity index (χ2n) is 8.53. The summed E-state index contributed by atoms with van der Waals surface area (Å²) in [6.45, 7) is 2.49. The van der Waals surface area contributed by atoms with Gasteiger partial charge in [-0.2, -0.15) is 0 Å². The molecule has 0 bridgehead atoms. The SMILES string of the molecule is CCNC(=O)CC1N=C(C2CCCCC2)c2cc(OC)ccc2-c2cn(C)c(=O)cc21. The minimum atomic E-state index is -0.384. The first-order valence-electron chi connectivity index (χ1n) is 11.3. The number of ether oxygens (including phenoxy) is 1. The largest absolute Gasteiger partial charge is 0.497 e. The van der Waals surface area contributed by atoms with Gasteiger partial charge in [0.1, 0.15) is 5.75 Å². The molecule has 1 aliphatic heterocycles. The Morgan fingerprint density at radius 2 is 1.94 bits per heavy atom. The number of amides is 1. The smallest absolute Gasteiger partial charge is 0.250 e. The molecule has 6 heteroatoms. The first-order valence-corrected chi connectivity index (χ1v) is 11.3. The Hall–Kier alpha value is -2.89. The van der Waals surface area contributed by atoms with Crippen molar-refractivity contribution in [1.82, 2.24) is 9.88 Å². The number of aliphatic imine (C=N–C) groups is 1. The molecule has 2 heterocycles. The van der Waals surface area contributed by atoms with Crippen LogP contribution >= 0.6 is 0 Å². The fourth-order valence-electron chi connectivity index (χ4n) is 4.85. The molecule has 1 atom stereocenters. The Balaban J connectivity index is 1.94. The first kappa shape index (κ1) is 21.3. The van der Waals surface area contributed by atoms with Gasteiger partial charge in [0.05, 0.1) is 19.6 Å². The summed E-state index contributed by atoms with van der Waals surface area (Å²) in [6.07, 6.45) is 7.95. The number of fused-ring (bicyclic) bond motifs is 3. The van der Waals surface area contributed by atoms with Gasteiger partial charge in [0.25, 0.3) is 5.56 Å². The minimum absolute atomic E-state index is 0.0468. The minimum Gasteiger partial charge on any atom is -0.497 e. The summed E-state index contributed by atoms with van der Waals surface area (Å²) in [7, 11) is 3.43. The molecule has 164 valence electrons. The van der Waals surface area contributed by atoms with Crippen LogP contribution in [0, 0.1) is 5.92 Å². The summed E-state index contributed by atoms with van der Waals surface area (Å²) in [5.74, 6) is 1.09. The Kier molecular flexibility index (Phi) is 6.25. The number of carbonyl (C=O) groups is 1. The van der Waals surface area contributed by atoms with E-state index in [0.717, 1.165) is 46.6 Å². The highest BCUT2D eigenvalue weighted by molar-refractivity contribution is 6.09. The van der Waals surface area contributed by atoms with E-state index in [9.17, 15) is 9.59 Å². The maximum Gasteiger partial charge on any atom is 0.250 e. The molecule has 0 spiro atoms. The van der Waals surface area contributed by atoms with E-state index >= 15 is 0 Å². The molecule has 1 saturated carbocycles. The van der Waals surface area contributed by atoms with Crippen molar-refractivity contribution in [3.05, 3.63) is 51.9 Å². The predicted molar refractivity (Wildman–Crippen MR) is 123 cm³/mol. The average molecular weight is 422 g/mol. The molecule has 6 nitrogen and oxygen atoms in total. The van der Waals surface area contributed by atoms with Crippen LogP contribution in [0.25, 0.3) is 11.1 Å². The number of hydrogen-bond acceptors (Lipinski definition) is 4. The number of aryl methyl sites for hydroxylation is 1. The topological polar surface area (TPSA) is 72.7 Å². The number of methoxy groups -OCH3 is 1. The third-order valence-corrected chi connectivity index (χ3v) is 6.45. The molecule has 1 amide bonds. The van der Waals surface area contributed by atoms with Gasteiger partial charge in [0, 0.05) is 48.6 Å². The highest BCUT2D eigenvalue weighted by Gasteiger charge is 2.31. The fourth-order valence-corrected chi connectivity index (χ4v) is 4.85. The van der Waals surface area contributed by atoms with E-state index in [2.05, 4.69) is 17.4 Å². The molecule has 1 fully saturated rings. The maximum atomic E-state index is 12.6. The zero-order valence-electron chi connectivity index (χ0n) is 18.6. The van der Waals surface area contributed by atoms with Gasteiger partial charge in [-0.05, 0) is 49.1 Å². The average Bonchev–Trinajstić information content (AvgIpc) is 2.90. The number of nitrogens with one attached hydrogen (secondary N) is 1. The lowest BCUT2D eigenvalue weighted by atomic mass is 9.81. The molecular formula is C25H31N3O3. The lowest BCUT2D eigenvalue weighted by Gasteiger charge is -2.25. The summed E-state index contributed by atoms with van der Waals surface area (Å²) in [6, 6.07) is 7.35. The van der Waals surface area contributed by atoms with E-state index < -0.39 is 0 Å². The Labute approximate surface area is 183 Å². The lowest BCUT2D eigenvalue weighted by molar-refractivity contribution is -0.121. The molecule has 0 radical (unpaired) electrons. The van der Waals surface area contributed by atoms with Crippen molar-refractivity contribution in [2.45, 2.75) is 51.5 Å². The van der Waals surface area contributed by atoms with Crippen molar-refractivity contribution < 1.29 is 9.53 Å². The molecule has 2 aliphatic rings. The predicted octanol–water partition coefficient (Wildman–Crippen LogP) is 4.01. The molecule has 1 aromatic carbocycles. The monoisotopic (exact) mass is 421 g/mol. The number of benzene rings is 1. The van der Waals surface area contributed by atoms with Crippen LogP contribution in [-0.4, -0.2) is 29.8 Å². The van der Waals surface area contributed by atoms with Crippen molar-refractivity contribution in [1.29, 1.82) is 0 Å². The van der Waals surface area contributed by atoms with E-state index in [1.165, 1.54) is 19.3 Å². The number of nitrogens with zero attached hydrogens (tertiary/aromatic N) is 2. The zero-order valence-corrected chi connectivity index (χ0v) is 18.6. The number of hydrogen-bond donors (Lipinski definition) is 1. The van der Waals surface area contributed by atoms with Gasteiger partial charge in [-0.25, -0.2) is 0 Å². The summed E-state index contributed by atoms with van der Waals surface area (Å²) >= 11 is 0. The van der Waals surface area contributed by atoms with Gasteiger partial charge in [0.15, 0.2) is 0 Å². The standard InChI is InChI=1S/C25H31N3O3/c1-4-26-23(29)14-22-19-13-24(30)28(2)15-21(19)18-11-10-17(31-3)12-20(18)25(27-22)16-8-6-5-7-9-16/h10-13,15-16,22H,4-9,14H2,1-3H3,(H,26,29). The van der Waals surface area contributed by atoms with Crippen molar-refractivity contribution in [2.24, 2.45) is 18.0 Å². The van der Waals surface area contributed by atoms with E-state index in [1.807, 2.05) is 19.2 Å². The second kappa shape index (κ2) is 9.08. The lowest BCUT2D eigenvalue weighted by Crippen LogP contribution is -2.26. The molecule has 0 saturated heterocycles. The van der Waals surface area contributed by atoms with E-state index in [4.69, 9.17) is 9.73 Å². The van der Waals surface area contributed by atoms with Crippen molar-refractivity contribution in [3.63, 3.8) is 0 Å². The molecule has 1 aromatic heterocycles. The Morgan fingerprint density at radius 1 is 1.16 bits per heavy atom. The highest BCUT2D eigenvalue weighted by atomic mass is 16.5. The van der Waals surface area contributed by atoms with Crippen LogP contribution in [-0.2, 0) is 11.8 Å². The van der Waals surface area contributed by atoms with Crippen LogP contribution in [0.1, 0.15) is 62.6 Å². The number of pyridine rings is 1. The first-order chi connectivity index (χ1) is 15.0. The molecular weight excluding hydrogens is 390 g/mol. The normalized spacial score (nSPS) is 18.4. The quantitative estimate of drug-likeness (QED) is 0.793. The second-order valence-corrected chi connectivity index (χ2v) is 8.53. The van der Waals surface area contributed by atoms with Gasteiger partial charge in [-0.3, -0.25) is 14.6 Å². The summed E-state index contributed by atoms with van der Waals surface area (Å²) in [5.41, 5.74) is 4.86. The molecule has 1 aliphatic carbocycles. The zero-order chi connectivity index (χ0) is 22.0. The Bertz CT molecular complexity index is 1060. The summed E-state index contributed by atoms with van der Waals surface area (Å²) in [5, 5.41) is 2.89. The van der Waals surface area contributed by atoms with Gasteiger partial charge in [-0.15, -0.1) is 0 Å².